The van der Waals surface area contributed by atoms with Crippen LogP contribution >= 0.6 is 11.8 Å². The molecule has 0 bridgehead atoms. The Bertz CT molecular complexity index is 1040. The fourth-order valence-corrected chi connectivity index (χ4v) is 3.93. The van der Waals surface area contributed by atoms with Gasteiger partial charge in [0.25, 0.3) is 0 Å². The van der Waals surface area contributed by atoms with E-state index in [-0.39, 0.29) is 0 Å². The maximum atomic E-state index is 5.74. The molecule has 0 aliphatic carbocycles. The molecule has 0 atom stereocenters. The number of hydrogen-bond donors (Lipinski definition) is 0. The highest BCUT2D eigenvalue weighted by atomic mass is 32.2. The number of thioether (sulfide) groups is 1. The molecule has 1 aliphatic heterocycles. The summed E-state index contributed by atoms with van der Waals surface area (Å²) in [5, 5.41) is 8.84. The van der Waals surface area contributed by atoms with Crippen molar-refractivity contribution in [2.24, 2.45) is 4.99 Å². The molecule has 0 saturated heterocycles. The molecule has 2 heterocycles. The predicted octanol–water partition coefficient (Wildman–Crippen LogP) is 3.41. The van der Waals surface area contributed by atoms with Gasteiger partial charge in [0.1, 0.15) is 12.3 Å². The number of rotatable bonds is 5. The molecule has 0 saturated carbocycles. The van der Waals surface area contributed by atoms with E-state index in [2.05, 4.69) is 56.3 Å². The predicted molar refractivity (Wildman–Crippen MR) is 113 cm³/mol. The molecule has 3 aromatic rings. The van der Waals surface area contributed by atoms with E-state index < -0.39 is 0 Å². The molecular weight excluding hydrogens is 370 g/mol. The third-order valence-corrected chi connectivity index (χ3v) is 5.40. The van der Waals surface area contributed by atoms with Crippen LogP contribution in [-0.4, -0.2) is 52.8 Å². The number of nitrogens with zero attached hydrogens (tertiary/aromatic N) is 5. The van der Waals surface area contributed by atoms with Crippen LogP contribution in [-0.2, 0) is 13.1 Å². The number of hydrogen-bond acceptors (Lipinski definition) is 6. The minimum atomic E-state index is 0.469. The number of aromatic nitrogens is 3. The lowest BCUT2D eigenvalue weighted by atomic mass is 9.99. The van der Waals surface area contributed by atoms with Crippen LogP contribution in [0.2, 0.25) is 0 Å². The molecule has 7 heteroatoms. The van der Waals surface area contributed by atoms with Crippen LogP contribution in [0.5, 0.6) is 5.75 Å². The molecule has 1 aliphatic rings. The average Bonchev–Trinajstić information content (AvgIpc) is 3.01. The first-order chi connectivity index (χ1) is 13.6. The summed E-state index contributed by atoms with van der Waals surface area (Å²) >= 11 is 1.72. The lowest BCUT2D eigenvalue weighted by Gasteiger charge is -2.17. The molecule has 0 radical (unpaired) electrons. The molecule has 0 fully saturated rings. The Morgan fingerprint density at radius 3 is 2.71 bits per heavy atom. The summed E-state index contributed by atoms with van der Waals surface area (Å²) < 4.78 is 7.86. The Kier molecular flexibility index (Phi) is 5.19. The molecule has 6 nitrogen and oxygen atoms in total. The van der Waals surface area contributed by atoms with E-state index in [0.717, 1.165) is 39.9 Å². The van der Waals surface area contributed by atoms with Gasteiger partial charge in [0.2, 0.25) is 0 Å². The van der Waals surface area contributed by atoms with Gasteiger partial charge in [-0.25, -0.2) is 0 Å². The molecule has 1 aromatic heterocycles. The lowest BCUT2D eigenvalue weighted by Crippen LogP contribution is -2.17. The second-order valence-electron chi connectivity index (χ2n) is 6.86. The Hall–Kier alpha value is -2.64. The smallest absolute Gasteiger partial charge is 0.159 e. The highest BCUT2D eigenvalue weighted by Gasteiger charge is 2.25. The standard InChI is InChI=1S/C21H23N5OS/c1-25(2)13-19-24-23-18-12-22-21(14-7-5-8-15(11-14)28-4)20-16(26(18)19)9-6-10-17(20)27-3/h5-11H,12-13H2,1-4H3. The summed E-state index contributed by atoms with van der Waals surface area (Å²) in [5.74, 6) is 2.52. The van der Waals surface area contributed by atoms with Crippen molar-refractivity contribution < 1.29 is 4.74 Å². The number of aliphatic imine (C=N–C) groups is 1. The summed E-state index contributed by atoms with van der Waals surface area (Å²) in [5.41, 5.74) is 3.97. The van der Waals surface area contributed by atoms with Crippen molar-refractivity contribution in [3.8, 4) is 11.4 Å². The summed E-state index contributed by atoms with van der Waals surface area (Å²) in [4.78, 5) is 8.23. The molecular formula is C21H23N5OS. The summed E-state index contributed by atoms with van der Waals surface area (Å²) in [6.45, 7) is 1.16. The third-order valence-electron chi connectivity index (χ3n) is 4.68. The Morgan fingerprint density at radius 1 is 1.14 bits per heavy atom. The van der Waals surface area contributed by atoms with E-state index in [1.807, 2.05) is 26.2 Å². The second kappa shape index (κ2) is 7.77. The number of ether oxygens (including phenoxy) is 1. The maximum Gasteiger partial charge on any atom is 0.159 e. The maximum absolute atomic E-state index is 5.74. The fraction of sp³-hybridized carbons (Fsp3) is 0.286. The van der Waals surface area contributed by atoms with E-state index in [1.165, 1.54) is 4.90 Å². The first-order valence-electron chi connectivity index (χ1n) is 9.07. The van der Waals surface area contributed by atoms with Crippen LogP contribution in [0.1, 0.15) is 22.8 Å². The quantitative estimate of drug-likeness (QED) is 0.622. The van der Waals surface area contributed by atoms with Gasteiger partial charge in [0, 0.05) is 10.5 Å². The minimum Gasteiger partial charge on any atom is -0.496 e. The van der Waals surface area contributed by atoms with Crippen LogP contribution in [0.25, 0.3) is 5.69 Å². The Balaban J connectivity index is 1.95. The highest BCUT2D eigenvalue weighted by molar-refractivity contribution is 7.98. The Labute approximate surface area is 169 Å². The first kappa shape index (κ1) is 18.7. The van der Waals surface area contributed by atoms with Gasteiger partial charge >= 0.3 is 0 Å². The van der Waals surface area contributed by atoms with Crippen LogP contribution in [0.15, 0.2) is 52.4 Å². The van der Waals surface area contributed by atoms with E-state index in [4.69, 9.17) is 9.73 Å². The van der Waals surface area contributed by atoms with Gasteiger partial charge in [-0.1, -0.05) is 18.2 Å². The second-order valence-corrected chi connectivity index (χ2v) is 7.74. The van der Waals surface area contributed by atoms with Crippen molar-refractivity contribution in [1.29, 1.82) is 0 Å². The van der Waals surface area contributed by atoms with E-state index in [1.54, 1.807) is 18.9 Å². The van der Waals surface area contributed by atoms with Gasteiger partial charge in [-0.05, 0) is 44.6 Å². The van der Waals surface area contributed by atoms with E-state index in [9.17, 15) is 0 Å². The number of fused-ring (bicyclic) bond motifs is 3. The SMILES string of the molecule is COc1cccc2c1C(c1cccc(SC)c1)=NCc1nnc(CN(C)C)n1-2. The molecule has 4 rings (SSSR count). The normalized spacial score (nSPS) is 13.0. The Morgan fingerprint density at radius 2 is 1.96 bits per heavy atom. The lowest BCUT2D eigenvalue weighted by molar-refractivity contribution is 0.386. The van der Waals surface area contributed by atoms with Crippen LogP contribution in [0.3, 0.4) is 0 Å². The molecule has 2 aromatic carbocycles. The van der Waals surface area contributed by atoms with Crippen molar-refractivity contribution in [3.05, 3.63) is 65.2 Å². The minimum absolute atomic E-state index is 0.469. The molecule has 0 spiro atoms. The number of methoxy groups -OCH3 is 1. The van der Waals surface area contributed by atoms with Crippen molar-refractivity contribution >= 4 is 17.5 Å². The van der Waals surface area contributed by atoms with Crippen molar-refractivity contribution in [1.82, 2.24) is 19.7 Å². The van der Waals surface area contributed by atoms with Crippen molar-refractivity contribution in [3.63, 3.8) is 0 Å². The van der Waals surface area contributed by atoms with Crippen LogP contribution < -0.4 is 4.74 Å². The van der Waals surface area contributed by atoms with Gasteiger partial charge in [-0.3, -0.25) is 9.56 Å². The molecule has 0 N–H and O–H groups in total. The monoisotopic (exact) mass is 393 g/mol. The molecule has 0 unspecified atom stereocenters. The van der Waals surface area contributed by atoms with Gasteiger partial charge in [0.05, 0.1) is 30.6 Å². The zero-order chi connectivity index (χ0) is 19.7. The zero-order valence-corrected chi connectivity index (χ0v) is 17.3. The third kappa shape index (κ3) is 3.31. The summed E-state index contributed by atoms with van der Waals surface area (Å²) in [6, 6.07) is 14.5. The molecule has 0 amide bonds. The topological polar surface area (TPSA) is 55.5 Å². The molecule has 144 valence electrons. The highest BCUT2D eigenvalue weighted by Crippen LogP contribution is 2.33. The van der Waals surface area contributed by atoms with Gasteiger partial charge in [-0.15, -0.1) is 22.0 Å². The van der Waals surface area contributed by atoms with Gasteiger partial charge < -0.3 is 9.64 Å². The van der Waals surface area contributed by atoms with Crippen molar-refractivity contribution in [2.75, 3.05) is 27.5 Å². The average molecular weight is 394 g/mol. The van der Waals surface area contributed by atoms with Gasteiger partial charge in [0.15, 0.2) is 11.6 Å². The summed E-state index contributed by atoms with van der Waals surface area (Å²) in [6.07, 6.45) is 2.08. The van der Waals surface area contributed by atoms with Crippen LogP contribution in [0, 0.1) is 0 Å². The number of benzene rings is 2. The fourth-order valence-electron chi connectivity index (χ4n) is 3.47. The largest absolute Gasteiger partial charge is 0.496 e. The van der Waals surface area contributed by atoms with Gasteiger partial charge in [-0.2, -0.15) is 0 Å². The van der Waals surface area contributed by atoms with Crippen molar-refractivity contribution in [2.45, 2.75) is 18.0 Å². The zero-order valence-electron chi connectivity index (χ0n) is 16.5. The molecule has 28 heavy (non-hydrogen) atoms. The van der Waals surface area contributed by atoms with E-state index >= 15 is 0 Å². The summed E-state index contributed by atoms with van der Waals surface area (Å²) in [7, 11) is 5.76. The first-order valence-corrected chi connectivity index (χ1v) is 10.3. The van der Waals surface area contributed by atoms with Crippen LogP contribution in [0.4, 0.5) is 0 Å². The van der Waals surface area contributed by atoms with E-state index in [0.29, 0.717) is 13.1 Å².